The van der Waals surface area contributed by atoms with E-state index in [9.17, 15) is 4.79 Å². The van der Waals surface area contributed by atoms with Gasteiger partial charge in [-0.1, -0.05) is 0 Å². The molecule has 0 aromatic rings. The lowest BCUT2D eigenvalue weighted by Gasteiger charge is -2.45. The molecule has 0 saturated carbocycles. The zero-order valence-electron chi connectivity index (χ0n) is 9.00. The van der Waals surface area contributed by atoms with Crippen LogP contribution in [0.3, 0.4) is 0 Å². The van der Waals surface area contributed by atoms with Crippen LogP contribution in [0.25, 0.3) is 0 Å². The summed E-state index contributed by atoms with van der Waals surface area (Å²) in [4.78, 5) is 13.8. The maximum absolute atomic E-state index is 11.7. The van der Waals surface area contributed by atoms with Gasteiger partial charge in [0, 0.05) is 32.8 Å². The van der Waals surface area contributed by atoms with Crippen molar-refractivity contribution in [2.45, 2.75) is 18.4 Å². The van der Waals surface area contributed by atoms with Gasteiger partial charge in [-0.2, -0.15) is 0 Å². The van der Waals surface area contributed by atoms with E-state index in [2.05, 4.69) is 10.2 Å². The van der Waals surface area contributed by atoms with Crippen molar-refractivity contribution in [1.29, 1.82) is 0 Å². The highest BCUT2D eigenvalue weighted by Gasteiger charge is 2.44. The summed E-state index contributed by atoms with van der Waals surface area (Å²) >= 11 is 0. The summed E-state index contributed by atoms with van der Waals surface area (Å²) in [6, 6.07) is 0. The van der Waals surface area contributed by atoms with E-state index < -0.39 is 5.54 Å². The average Bonchev–Trinajstić information content (AvgIpc) is 2.31. The first-order chi connectivity index (χ1) is 7.26. The standard InChI is InChI=1S/C10H19N3O2/c11-9(14)10(2-1-7-15-8-10)13-5-3-12-4-6-13/h12H,1-8H2,(H2,11,14). The lowest BCUT2D eigenvalue weighted by atomic mass is 9.89. The molecule has 0 bridgehead atoms. The average molecular weight is 213 g/mol. The SMILES string of the molecule is NC(=O)C1(N2CCNCC2)CCCOC1. The van der Waals surface area contributed by atoms with Crippen LogP contribution in [0.5, 0.6) is 0 Å². The first-order valence-electron chi connectivity index (χ1n) is 5.59. The van der Waals surface area contributed by atoms with Crippen molar-refractivity contribution in [3.8, 4) is 0 Å². The molecular weight excluding hydrogens is 194 g/mol. The van der Waals surface area contributed by atoms with Gasteiger partial charge in [0.2, 0.25) is 5.91 Å². The van der Waals surface area contributed by atoms with Gasteiger partial charge >= 0.3 is 0 Å². The number of rotatable bonds is 2. The Balaban J connectivity index is 2.12. The molecule has 0 aliphatic carbocycles. The van der Waals surface area contributed by atoms with Crippen LogP contribution >= 0.6 is 0 Å². The zero-order valence-corrected chi connectivity index (χ0v) is 9.00. The fraction of sp³-hybridized carbons (Fsp3) is 0.900. The summed E-state index contributed by atoms with van der Waals surface area (Å²) in [6.45, 7) is 4.83. The normalized spacial score (nSPS) is 33.9. The number of hydrogen-bond acceptors (Lipinski definition) is 4. The Morgan fingerprint density at radius 1 is 1.40 bits per heavy atom. The molecule has 0 aromatic carbocycles. The molecule has 1 amide bonds. The monoisotopic (exact) mass is 213 g/mol. The number of primary amides is 1. The number of nitrogens with two attached hydrogens (primary N) is 1. The Morgan fingerprint density at radius 3 is 2.67 bits per heavy atom. The summed E-state index contributed by atoms with van der Waals surface area (Å²) in [7, 11) is 0. The van der Waals surface area contributed by atoms with Crippen LogP contribution in [0.1, 0.15) is 12.8 Å². The summed E-state index contributed by atoms with van der Waals surface area (Å²) in [5.41, 5.74) is 5.01. The molecule has 2 aliphatic heterocycles. The second kappa shape index (κ2) is 4.47. The van der Waals surface area contributed by atoms with Gasteiger partial charge in [0.15, 0.2) is 0 Å². The van der Waals surface area contributed by atoms with Gasteiger partial charge in [-0.15, -0.1) is 0 Å². The van der Waals surface area contributed by atoms with Gasteiger partial charge in [0.05, 0.1) is 6.61 Å². The fourth-order valence-electron chi connectivity index (χ4n) is 2.47. The maximum Gasteiger partial charge on any atom is 0.240 e. The molecule has 2 aliphatic rings. The molecule has 1 atom stereocenters. The Morgan fingerprint density at radius 2 is 2.13 bits per heavy atom. The number of ether oxygens (including phenoxy) is 1. The third-order valence-electron chi connectivity index (χ3n) is 3.40. The minimum absolute atomic E-state index is 0.232. The molecule has 15 heavy (non-hydrogen) atoms. The minimum Gasteiger partial charge on any atom is -0.379 e. The molecular formula is C10H19N3O2. The second-order valence-electron chi connectivity index (χ2n) is 4.29. The predicted octanol–water partition coefficient (Wildman–Crippen LogP) is -1.07. The summed E-state index contributed by atoms with van der Waals surface area (Å²) < 4.78 is 5.44. The van der Waals surface area contributed by atoms with Crippen LogP contribution in [0, 0.1) is 0 Å². The topological polar surface area (TPSA) is 67.6 Å². The van der Waals surface area contributed by atoms with Crippen LogP contribution < -0.4 is 11.1 Å². The lowest BCUT2D eigenvalue weighted by Crippen LogP contribution is -2.65. The van der Waals surface area contributed by atoms with E-state index in [-0.39, 0.29) is 5.91 Å². The van der Waals surface area contributed by atoms with Crippen LogP contribution in [0.15, 0.2) is 0 Å². The van der Waals surface area contributed by atoms with Crippen molar-refractivity contribution in [3.05, 3.63) is 0 Å². The highest BCUT2D eigenvalue weighted by Crippen LogP contribution is 2.26. The summed E-state index contributed by atoms with van der Waals surface area (Å²) in [6.07, 6.45) is 1.76. The van der Waals surface area contributed by atoms with E-state index in [0.29, 0.717) is 6.61 Å². The van der Waals surface area contributed by atoms with Crippen molar-refractivity contribution < 1.29 is 9.53 Å². The highest BCUT2D eigenvalue weighted by atomic mass is 16.5. The van der Waals surface area contributed by atoms with Gasteiger partial charge in [-0.25, -0.2) is 0 Å². The van der Waals surface area contributed by atoms with Crippen LogP contribution in [0.2, 0.25) is 0 Å². The predicted molar refractivity (Wildman–Crippen MR) is 56.4 cm³/mol. The van der Waals surface area contributed by atoms with Crippen molar-refractivity contribution in [3.63, 3.8) is 0 Å². The number of carbonyl (C=O) groups excluding carboxylic acids is 1. The molecule has 5 heteroatoms. The van der Waals surface area contributed by atoms with Gasteiger partial charge in [-0.3, -0.25) is 9.69 Å². The van der Waals surface area contributed by atoms with Gasteiger partial charge in [-0.05, 0) is 12.8 Å². The molecule has 0 radical (unpaired) electrons. The number of nitrogens with one attached hydrogen (secondary N) is 1. The molecule has 5 nitrogen and oxygen atoms in total. The number of amides is 1. The van der Waals surface area contributed by atoms with Crippen molar-refractivity contribution in [2.75, 3.05) is 39.4 Å². The van der Waals surface area contributed by atoms with E-state index in [1.807, 2.05) is 0 Å². The van der Waals surface area contributed by atoms with E-state index in [1.165, 1.54) is 0 Å². The van der Waals surface area contributed by atoms with Crippen LogP contribution in [-0.4, -0.2) is 55.7 Å². The molecule has 2 fully saturated rings. The molecule has 3 N–H and O–H groups in total. The molecule has 86 valence electrons. The summed E-state index contributed by atoms with van der Waals surface area (Å²) in [5, 5.41) is 3.28. The molecule has 1 unspecified atom stereocenters. The first-order valence-corrected chi connectivity index (χ1v) is 5.59. The van der Waals surface area contributed by atoms with Crippen LogP contribution in [-0.2, 0) is 9.53 Å². The van der Waals surface area contributed by atoms with E-state index >= 15 is 0 Å². The van der Waals surface area contributed by atoms with E-state index in [0.717, 1.165) is 45.6 Å². The Bertz CT molecular complexity index is 233. The fourth-order valence-corrected chi connectivity index (χ4v) is 2.47. The van der Waals surface area contributed by atoms with Crippen molar-refractivity contribution in [2.24, 2.45) is 5.73 Å². The number of hydrogen-bond donors (Lipinski definition) is 2. The van der Waals surface area contributed by atoms with Crippen molar-refractivity contribution >= 4 is 5.91 Å². The Labute approximate surface area is 89.9 Å². The molecule has 2 rings (SSSR count). The quantitative estimate of drug-likeness (QED) is 0.612. The van der Waals surface area contributed by atoms with E-state index in [4.69, 9.17) is 10.5 Å². The van der Waals surface area contributed by atoms with E-state index in [1.54, 1.807) is 0 Å². The molecule has 2 saturated heterocycles. The van der Waals surface area contributed by atoms with Crippen LogP contribution in [0.4, 0.5) is 0 Å². The largest absolute Gasteiger partial charge is 0.379 e. The number of nitrogens with zero attached hydrogens (tertiary/aromatic N) is 1. The van der Waals surface area contributed by atoms with Gasteiger partial charge in [0.1, 0.15) is 5.54 Å². The first kappa shape index (κ1) is 10.9. The molecule has 0 aromatic heterocycles. The lowest BCUT2D eigenvalue weighted by molar-refractivity contribution is -0.141. The Hall–Kier alpha value is -0.650. The molecule has 0 spiro atoms. The molecule has 2 heterocycles. The maximum atomic E-state index is 11.7. The second-order valence-corrected chi connectivity index (χ2v) is 4.29. The van der Waals surface area contributed by atoms with Gasteiger partial charge < -0.3 is 15.8 Å². The third kappa shape index (κ3) is 2.00. The third-order valence-corrected chi connectivity index (χ3v) is 3.40. The smallest absolute Gasteiger partial charge is 0.240 e. The highest BCUT2D eigenvalue weighted by molar-refractivity contribution is 5.85. The number of carbonyl (C=O) groups is 1. The number of piperazine rings is 1. The minimum atomic E-state index is -0.541. The summed E-state index contributed by atoms with van der Waals surface area (Å²) in [5.74, 6) is -0.232. The Kier molecular flexibility index (Phi) is 3.23. The van der Waals surface area contributed by atoms with Crippen molar-refractivity contribution in [1.82, 2.24) is 10.2 Å². The zero-order chi connectivity index (χ0) is 10.7. The van der Waals surface area contributed by atoms with Gasteiger partial charge in [0.25, 0.3) is 0 Å².